The van der Waals surface area contributed by atoms with E-state index in [9.17, 15) is 4.79 Å². The van der Waals surface area contributed by atoms with Crippen molar-refractivity contribution in [2.24, 2.45) is 5.92 Å². The molecule has 132 valence electrons. The largest absolute Gasteiger partial charge is 0.335 e. The highest BCUT2D eigenvalue weighted by atomic mass is 35.5. The third-order valence-corrected chi connectivity index (χ3v) is 5.35. The van der Waals surface area contributed by atoms with Crippen molar-refractivity contribution in [1.29, 1.82) is 0 Å². The topological polar surface area (TPSA) is 44.4 Å². The zero-order valence-corrected chi connectivity index (χ0v) is 15.4. The van der Waals surface area contributed by atoms with Crippen LogP contribution in [0.5, 0.6) is 0 Å². The fourth-order valence-electron chi connectivity index (χ4n) is 4.23. The van der Waals surface area contributed by atoms with Gasteiger partial charge in [-0.05, 0) is 49.8 Å². The average molecular weight is 350 g/mol. The molecule has 2 fully saturated rings. The molecule has 24 heavy (non-hydrogen) atoms. The predicted molar refractivity (Wildman–Crippen MR) is 99.6 cm³/mol. The third-order valence-electron chi connectivity index (χ3n) is 5.12. The van der Waals surface area contributed by atoms with Crippen LogP contribution in [0.25, 0.3) is 0 Å². The molecule has 2 aliphatic heterocycles. The minimum Gasteiger partial charge on any atom is -0.335 e. The predicted octanol–water partition coefficient (Wildman–Crippen LogP) is 4.50. The lowest BCUT2D eigenvalue weighted by Gasteiger charge is -2.49. The van der Waals surface area contributed by atoms with Gasteiger partial charge in [0.15, 0.2) is 0 Å². The van der Waals surface area contributed by atoms with Gasteiger partial charge in [-0.3, -0.25) is 4.90 Å². The molecule has 0 radical (unpaired) electrons. The molecule has 2 amide bonds. The van der Waals surface area contributed by atoms with Crippen molar-refractivity contribution < 1.29 is 4.79 Å². The summed E-state index contributed by atoms with van der Waals surface area (Å²) in [5, 5.41) is 6.69. The van der Waals surface area contributed by atoms with Crippen molar-refractivity contribution in [1.82, 2.24) is 10.2 Å². The number of halogens is 1. The fraction of sp³-hybridized carbons (Fsp3) is 0.632. The van der Waals surface area contributed by atoms with Crippen molar-refractivity contribution in [3.63, 3.8) is 0 Å². The first-order valence-electron chi connectivity index (χ1n) is 9.10. The first-order chi connectivity index (χ1) is 11.5. The van der Waals surface area contributed by atoms with Crippen molar-refractivity contribution >= 4 is 23.3 Å². The Balaban J connectivity index is 1.56. The SMILES string of the molecule is CC(C)CN1C2CCCC1CC(NC(=O)Nc1cccc(Cl)c1)C2. The molecular formula is C19H28ClN3O. The summed E-state index contributed by atoms with van der Waals surface area (Å²) < 4.78 is 0. The lowest BCUT2D eigenvalue weighted by molar-refractivity contribution is 0.0180. The highest BCUT2D eigenvalue weighted by molar-refractivity contribution is 6.30. The van der Waals surface area contributed by atoms with Crippen LogP contribution in [-0.4, -0.2) is 35.6 Å². The summed E-state index contributed by atoms with van der Waals surface area (Å²) in [5.41, 5.74) is 0.734. The van der Waals surface area contributed by atoms with Crippen LogP contribution >= 0.6 is 11.6 Å². The number of rotatable bonds is 4. The molecule has 4 nitrogen and oxygen atoms in total. The lowest BCUT2D eigenvalue weighted by atomic mass is 9.81. The molecule has 5 heteroatoms. The van der Waals surface area contributed by atoms with E-state index in [1.165, 1.54) is 25.8 Å². The third kappa shape index (κ3) is 4.42. The molecule has 2 aliphatic rings. The number of nitrogens with one attached hydrogen (secondary N) is 2. The molecule has 2 unspecified atom stereocenters. The second kappa shape index (κ2) is 7.75. The summed E-state index contributed by atoms with van der Waals surface area (Å²) in [7, 11) is 0. The number of benzene rings is 1. The maximum absolute atomic E-state index is 12.3. The first-order valence-corrected chi connectivity index (χ1v) is 9.48. The van der Waals surface area contributed by atoms with Gasteiger partial charge in [-0.25, -0.2) is 4.79 Å². The van der Waals surface area contributed by atoms with Crippen LogP contribution in [0.4, 0.5) is 10.5 Å². The summed E-state index contributed by atoms with van der Waals surface area (Å²) in [5.74, 6) is 0.698. The van der Waals surface area contributed by atoms with Crippen LogP contribution in [0.1, 0.15) is 46.0 Å². The van der Waals surface area contributed by atoms with Crippen molar-refractivity contribution in [2.45, 2.75) is 64.1 Å². The summed E-state index contributed by atoms with van der Waals surface area (Å²) in [4.78, 5) is 15.0. The van der Waals surface area contributed by atoms with E-state index >= 15 is 0 Å². The molecule has 2 saturated heterocycles. The molecule has 0 aromatic heterocycles. The number of urea groups is 1. The molecule has 0 saturated carbocycles. The van der Waals surface area contributed by atoms with E-state index in [2.05, 4.69) is 29.4 Å². The molecule has 2 N–H and O–H groups in total. The van der Waals surface area contributed by atoms with Gasteiger partial charge < -0.3 is 10.6 Å². The zero-order valence-electron chi connectivity index (χ0n) is 14.6. The van der Waals surface area contributed by atoms with Gasteiger partial charge in [0.25, 0.3) is 0 Å². The smallest absolute Gasteiger partial charge is 0.319 e. The molecule has 0 spiro atoms. The Morgan fingerprint density at radius 2 is 2.00 bits per heavy atom. The van der Waals surface area contributed by atoms with Crippen LogP contribution in [0, 0.1) is 5.92 Å². The molecule has 1 aromatic rings. The number of fused-ring (bicyclic) bond motifs is 2. The highest BCUT2D eigenvalue weighted by Gasteiger charge is 2.38. The Hall–Kier alpha value is -1.26. The van der Waals surface area contributed by atoms with E-state index < -0.39 is 0 Å². The lowest BCUT2D eigenvalue weighted by Crippen LogP contribution is -2.58. The second-order valence-corrected chi connectivity index (χ2v) is 8.04. The maximum atomic E-state index is 12.3. The van der Waals surface area contributed by atoms with E-state index in [4.69, 9.17) is 11.6 Å². The van der Waals surface area contributed by atoms with Crippen LogP contribution in [0.3, 0.4) is 0 Å². The van der Waals surface area contributed by atoms with Gasteiger partial charge in [0.1, 0.15) is 0 Å². The number of nitrogens with zero attached hydrogens (tertiary/aromatic N) is 1. The Morgan fingerprint density at radius 1 is 1.29 bits per heavy atom. The Labute approximate surface area is 149 Å². The zero-order chi connectivity index (χ0) is 17.1. The normalized spacial score (nSPS) is 27.1. The van der Waals surface area contributed by atoms with Gasteiger partial charge in [-0.1, -0.05) is 37.9 Å². The van der Waals surface area contributed by atoms with E-state index in [0.717, 1.165) is 18.5 Å². The summed E-state index contributed by atoms with van der Waals surface area (Å²) in [6.45, 7) is 5.76. The van der Waals surface area contributed by atoms with E-state index in [-0.39, 0.29) is 12.1 Å². The van der Waals surface area contributed by atoms with Gasteiger partial charge in [-0.15, -0.1) is 0 Å². The van der Waals surface area contributed by atoms with E-state index in [1.807, 2.05) is 12.1 Å². The van der Waals surface area contributed by atoms with E-state index in [1.54, 1.807) is 12.1 Å². The number of piperidine rings is 2. The van der Waals surface area contributed by atoms with Crippen LogP contribution in [0.15, 0.2) is 24.3 Å². The second-order valence-electron chi connectivity index (χ2n) is 7.61. The summed E-state index contributed by atoms with van der Waals surface area (Å²) in [6, 6.07) is 8.64. The summed E-state index contributed by atoms with van der Waals surface area (Å²) in [6.07, 6.45) is 5.97. The number of carbonyl (C=O) groups excluding carboxylic acids is 1. The van der Waals surface area contributed by atoms with Gasteiger partial charge in [0.2, 0.25) is 0 Å². The standard InChI is InChI=1S/C19H28ClN3O/c1-13(2)12-23-17-7-4-8-18(23)11-16(10-17)22-19(24)21-15-6-3-5-14(20)9-15/h3,5-6,9,13,16-18H,4,7-8,10-12H2,1-2H3,(H2,21,22,24). The monoisotopic (exact) mass is 349 g/mol. The average Bonchev–Trinajstić information content (AvgIpc) is 2.47. The van der Waals surface area contributed by atoms with Crippen LogP contribution < -0.4 is 10.6 Å². The minimum absolute atomic E-state index is 0.127. The number of amides is 2. The minimum atomic E-state index is -0.127. The van der Waals surface area contributed by atoms with Gasteiger partial charge in [0, 0.05) is 35.4 Å². The van der Waals surface area contributed by atoms with Crippen molar-refractivity contribution in [2.75, 3.05) is 11.9 Å². The molecular weight excluding hydrogens is 322 g/mol. The highest BCUT2D eigenvalue weighted by Crippen LogP contribution is 2.34. The number of anilines is 1. The molecule has 2 bridgehead atoms. The molecule has 2 atom stereocenters. The first kappa shape index (κ1) is 17.6. The fourth-order valence-corrected chi connectivity index (χ4v) is 4.43. The van der Waals surface area contributed by atoms with E-state index in [0.29, 0.717) is 23.0 Å². The molecule has 1 aromatic carbocycles. The number of carbonyl (C=O) groups is 1. The van der Waals surface area contributed by atoms with Gasteiger partial charge in [-0.2, -0.15) is 0 Å². The van der Waals surface area contributed by atoms with Crippen molar-refractivity contribution in [3.8, 4) is 0 Å². The van der Waals surface area contributed by atoms with Crippen LogP contribution in [-0.2, 0) is 0 Å². The maximum Gasteiger partial charge on any atom is 0.319 e. The summed E-state index contributed by atoms with van der Waals surface area (Å²) >= 11 is 5.97. The van der Waals surface area contributed by atoms with Gasteiger partial charge in [0.05, 0.1) is 0 Å². The quantitative estimate of drug-likeness (QED) is 0.840. The van der Waals surface area contributed by atoms with Gasteiger partial charge >= 0.3 is 6.03 Å². The Morgan fingerprint density at radius 3 is 2.62 bits per heavy atom. The number of hydrogen-bond acceptors (Lipinski definition) is 2. The molecule has 3 rings (SSSR count). The van der Waals surface area contributed by atoms with Crippen LogP contribution in [0.2, 0.25) is 5.02 Å². The van der Waals surface area contributed by atoms with Crippen molar-refractivity contribution in [3.05, 3.63) is 29.3 Å². The molecule has 0 aliphatic carbocycles. The molecule has 2 heterocycles. The Kier molecular flexibility index (Phi) is 5.67. The number of hydrogen-bond donors (Lipinski definition) is 2. The Bertz CT molecular complexity index is 563.